The molecule has 28 heavy (non-hydrogen) atoms. The molecule has 4 rings (SSSR count). The lowest BCUT2D eigenvalue weighted by Gasteiger charge is -2.36. The summed E-state index contributed by atoms with van der Waals surface area (Å²) >= 11 is 0. The first-order chi connectivity index (χ1) is 13.5. The summed E-state index contributed by atoms with van der Waals surface area (Å²) in [6, 6.07) is 5.04. The molecule has 0 radical (unpaired) electrons. The van der Waals surface area contributed by atoms with Crippen molar-refractivity contribution in [1.82, 2.24) is 15.6 Å². The number of rotatable bonds is 4. The van der Waals surface area contributed by atoms with E-state index in [9.17, 15) is 24.3 Å². The maximum Gasteiger partial charge on any atom is 0.331 e. The number of imide groups is 2. The molecule has 0 spiro atoms. The van der Waals surface area contributed by atoms with Crippen LogP contribution in [-0.2, 0) is 9.59 Å². The minimum absolute atomic E-state index is 0.0119. The van der Waals surface area contributed by atoms with Crippen LogP contribution in [0, 0.1) is 17.8 Å². The SMILES string of the molecule is O=C(N/N=C\[C@@H]1C(=O)NC(=O)N([C@H]2C[C@H]3CC[C@H]2C3)C1=O)c1ccccc1O. The number of amides is 5. The Morgan fingerprint density at radius 3 is 2.68 bits per heavy atom. The molecule has 9 nitrogen and oxygen atoms in total. The number of hydrogen-bond acceptors (Lipinski definition) is 6. The van der Waals surface area contributed by atoms with E-state index in [4.69, 9.17) is 0 Å². The first-order valence-electron chi connectivity index (χ1n) is 9.25. The number of para-hydroxylation sites is 1. The minimum Gasteiger partial charge on any atom is -0.507 e. The van der Waals surface area contributed by atoms with Gasteiger partial charge in [-0.25, -0.2) is 10.2 Å². The molecule has 1 aromatic carbocycles. The Morgan fingerprint density at radius 1 is 1.21 bits per heavy atom. The number of barbiturate groups is 1. The summed E-state index contributed by atoms with van der Waals surface area (Å²) in [6.45, 7) is 0. The largest absolute Gasteiger partial charge is 0.507 e. The number of nitrogens with one attached hydrogen (secondary N) is 2. The fraction of sp³-hybridized carbons (Fsp3) is 0.421. The van der Waals surface area contributed by atoms with E-state index in [1.54, 1.807) is 12.1 Å². The van der Waals surface area contributed by atoms with Gasteiger partial charge in [0.05, 0.1) is 5.56 Å². The summed E-state index contributed by atoms with van der Waals surface area (Å²) in [5.74, 6) is -2.76. The lowest BCUT2D eigenvalue weighted by molar-refractivity contribution is -0.141. The summed E-state index contributed by atoms with van der Waals surface area (Å²) < 4.78 is 0. The molecule has 1 heterocycles. The highest BCUT2D eigenvalue weighted by atomic mass is 16.3. The van der Waals surface area contributed by atoms with Crippen molar-refractivity contribution in [1.29, 1.82) is 0 Å². The zero-order chi connectivity index (χ0) is 19.8. The highest BCUT2D eigenvalue weighted by molar-refractivity contribution is 6.23. The quantitative estimate of drug-likeness (QED) is 0.405. The maximum absolute atomic E-state index is 12.8. The summed E-state index contributed by atoms with van der Waals surface area (Å²) in [6.07, 6.45) is 4.89. The Morgan fingerprint density at radius 2 is 2.00 bits per heavy atom. The van der Waals surface area contributed by atoms with Crippen LogP contribution in [-0.4, -0.2) is 46.0 Å². The van der Waals surface area contributed by atoms with Gasteiger partial charge >= 0.3 is 6.03 Å². The number of benzene rings is 1. The van der Waals surface area contributed by atoms with E-state index in [0.717, 1.165) is 36.8 Å². The highest BCUT2D eigenvalue weighted by Gasteiger charge is 2.50. The van der Waals surface area contributed by atoms with Gasteiger partial charge in [-0.05, 0) is 43.2 Å². The van der Waals surface area contributed by atoms with Crippen LogP contribution in [0.25, 0.3) is 0 Å². The lowest BCUT2D eigenvalue weighted by Crippen LogP contribution is -2.62. The van der Waals surface area contributed by atoms with Gasteiger partial charge in [-0.15, -0.1) is 0 Å². The molecule has 0 unspecified atom stereocenters. The molecular formula is C19H20N4O5. The van der Waals surface area contributed by atoms with E-state index in [2.05, 4.69) is 15.8 Å². The number of carbonyl (C=O) groups is 4. The number of aromatic hydroxyl groups is 1. The van der Waals surface area contributed by atoms with Gasteiger partial charge in [0.1, 0.15) is 5.75 Å². The van der Waals surface area contributed by atoms with Crippen LogP contribution in [0.2, 0.25) is 0 Å². The molecule has 9 heteroatoms. The number of hydrazone groups is 1. The number of urea groups is 1. The predicted molar refractivity (Wildman–Crippen MR) is 97.2 cm³/mol. The summed E-state index contributed by atoms with van der Waals surface area (Å²) in [5, 5.41) is 15.6. The van der Waals surface area contributed by atoms with Gasteiger partial charge in [0.25, 0.3) is 5.91 Å². The van der Waals surface area contributed by atoms with E-state index >= 15 is 0 Å². The van der Waals surface area contributed by atoms with Gasteiger partial charge in [-0.2, -0.15) is 5.10 Å². The zero-order valence-electron chi connectivity index (χ0n) is 15.0. The van der Waals surface area contributed by atoms with Crippen molar-refractivity contribution in [3.63, 3.8) is 0 Å². The first kappa shape index (κ1) is 18.1. The molecule has 1 aromatic rings. The van der Waals surface area contributed by atoms with Crippen molar-refractivity contribution in [2.75, 3.05) is 0 Å². The summed E-state index contributed by atoms with van der Waals surface area (Å²) in [4.78, 5) is 50.4. The fourth-order valence-electron chi connectivity index (χ4n) is 4.47. The Kier molecular flexibility index (Phi) is 4.58. The molecule has 3 N–H and O–H groups in total. The van der Waals surface area contributed by atoms with Crippen molar-refractivity contribution < 1.29 is 24.3 Å². The molecule has 1 aliphatic heterocycles. The van der Waals surface area contributed by atoms with Crippen molar-refractivity contribution in [2.45, 2.75) is 31.7 Å². The second kappa shape index (κ2) is 7.06. The van der Waals surface area contributed by atoms with Crippen LogP contribution in [0.3, 0.4) is 0 Å². The normalized spacial score (nSPS) is 29.4. The molecule has 2 bridgehead atoms. The van der Waals surface area contributed by atoms with Gasteiger partial charge < -0.3 is 5.11 Å². The monoisotopic (exact) mass is 384 g/mol. The van der Waals surface area contributed by atoms with Crippen molar-refractivity contribution in [3.8, 4) is 5.75 Å². The predicted octanol–water partition coefficient (Wildman–Crippen LogP) is 0.991. The number of phenolic OH excluding ortho intramolecular Hbond substituents is 1. The first-order valence-corrected chi connectivity index (χ1v) is 9.25. The third kappa shape index (κ3) is 3.12. The van der Waals surface area contributed by atoms with E-state index in [-0.39, 0.29) is 23.3 Å². The van der Waals surface area contributed by atoms with Gasteiger partial charge in [-0.1, -0.05) is 18.6 Å². The molecule has 3 fully saturated rings. The zero-order valence-corrected chi connectivity index (χ0v) is 15.0. The fourth-order valence-corrected chi connectivity index (χ4v) is 4.47. The van der Waals surface area contributed by atoms with Crippen LogP contribution < -0.4 is 10.7 Å². The molecule has 5 amide bonds. The van der Waals surface area contributed by atoms with E-state index < -0.39 is 29.7 Å². The van der Waals surface area contributed by atoms with E-state index in [0.29, 0.717) is 5.92 Å². The van der Waals surface area contributed by atoms with Crippen molar-refractivity contribution in [3.05, 3.63) is 29.8 Å². The standard InChI is InChI=1S/C19H20N4O5/c24-15-4-2-1-3-12(15)17(26)22-20-9-13-16(25)21-19(28)23(18(13)27)14-8-10-5-6-11(14)7-10/h1-4,9-11,13-14,24H,5-8H2,(H,22,26)(H,21,25,28)/b20-9-/t10-,11-,13+,14-/m0/s1. The van der Waals surface area contributed by atoms with Crippen molar-refractivity contribution in [2.24, 2.45) is 22.9 Å². The van der Waals surface area contributed by atoms with Gasteiger partial charge in [0.15, 0.2) is 5.92 Å². The molecule has 2 aliphatic carbocycles. The van der Waals surface area contributed by atoms with E-state index in [1.807, 2.05) is 0 Å². The van der Waals surface area contributed by atoms with Crippen LogP contribution in [0.4, 0.5) is 4.79 Å². The van der Waals surface area contributed by atoms with Crippen LogP contribution in [0.5, 0.6) is 5.75 Å². The summed E-state index contributed by atoms with van der Waals surface area (Å²) in [5.41, 5.74) is 2.20. The number of phenols is 1. The van der Waals surface area contributed by atoms with Crippen LogP contribution in [0.15, 0.2) is 29.4 Å². The Hall–Kier alpha value is -3.23. The minimum atomic E-state index is -1.29. The number of nitrogens with zero attached hydrogens (tertiary/aromatic N) is 2. The topological polar surface area (TPSA) is 128 Å². The average molecular weight is 384 g/mol. The smallest absolute Gasteiger partial charge is 0.331 e. The maximum atomic E-state index is 12.8. The average Bonchev–Trinajstić information content (AvgIpc) is 3.28. The second-order valence-corrected chi connectivity index (χ2v) is 7.46. The molecule has 3 aliphatic rings. The number of hydrogen-bond donors (Lipinski definition) is 3. The third-order valence-electron chi connectivity index (χ3n) is 5.81. The summed E-state index contributed by atoms with van der Waals surface area (Å²) in [7, 11) is 0. The number of carbonyl (C=O) groups excluding carboxylic acids is 4. The number of fused-ring (bicyclic) bond motifs is 2. The molecule has 146 valence electrons. The van der Waals surface area contributed by atoms with Gasteiger partial charge in [0.2, 0.25) is 11.8 Å². The van der Waals surface area contributed by atoms with Crippen molar-refractivity contribution >= 4 is 30.0 Å². The van der Waals surface area contributed by atoms with Crippen LogP contribution in [0.1, 0.15) is 36.0 Å². The Balaban J connectivity index is 1.46. The molecular weight excluding hydrogens is 364 g/mol. The van der Waals surface area contributed by atoms with E-state index in [1.165, 1.54) is 12.1 Å². The molecule has 2 saturated carbocycles. The molecule has 4 atom stereocenters. The highest BCUT2D eigenvalue weighted by Crippen LogP contribution is 2.47. The third-order valence-corrected chi connectivity index (χ3v) is 5.81. The second-order valence-electron chi connectivity index (χ2n) is 7.46. The lowest BCUT2D eigenvalue weighted by atomic mass is 9.92. The van der Waals surface area contributed by atoms with Gasteiger partial charge in [0, 0.05) is 12.3 Å². The molecule has 0 aromatic heterocycles. The Labute approximate surface area is 160 Å². The Bertz CT molecular complexity index is 883. The van der Waals surface area contributed by atoms with Gasteiger partial charge in [-0.3, -0.25) is 24.6 Å². The van der Waals surface area contributed by atoms with Crippen LogP contribution >= 0.6 is 0 Å². The molecule has 1 saturated heterocycles.